The fraction of sp³-hybridized carbons (Fsp3) is 0.642. The number of rotatable bonds is 41. The summed E-state index contributed by atoms with van der Waals surface area (Å²) in [6, 6.07) is 0. The third-order valence-corrected chi connectivity index (χ3v) is 9.57. The van der Waals surface area contributed by atoms with Crippen LogP contribution in [0.15, 0.2) is 97.2 Å². The van der Waals surface area contributed by atoms with Crippen molar-refractivity contribution in [2.24, 2.45) is 0 Å². The van der Waals surface area contributed by atoms with Crippen molar-refractivity contribution in [1.29, 1.82) is 0 Å². The SMILES string of the molecule is CC/C=C\C/C=C\C/C=C\C/C=C\C/C=C\C/C=C\CCC(=O)OCC(COC(=O)CCCCCCCCCCC)OC(=O)CCCCCCC/C=C\C/C=C\CCC. The Balaban J connectivity index is 4.49. The molecule has 1 unspecified atom stereocenters. The average molecular weight is 819 g/mol. The molecular weight excluding hydrogens is 733 g/mol. The van der Waals surface area contributed by atoms with Crippen molar-refractivity contribution in [3.63, 3.8) is 0 Å². The van der Waals surface area contributed by atoms with E-state index in [1.807, 2.05) is 12.2 Å². The van der Waals surface area contributed by atoms with E-state index in [9.17, 15) is 14.4 Å². The van der Waals surface area contributed by atoms with E-state index in [-0.39, 0.29) is 37.5 Å². The highest BCUT2D eigenvalue weighted by Crippen LogP contribution is 2.13. The molecule has 0 heterocycles. The highest BCUT2D eigenvalue weighted by Gasteiger charge is 2.19. The zero-order valence-corrected chi connectivity index (χ0v) is 38.0. The summed E-state index contributed by atoms with van der Waals surface area (Å²) >= 11 is 0. The molecule has 0 fully saturated rings. The Kier molecular flexibility index (Phi) is 44.1. The van der Waals surface area contributed by atoms with Gasteiger partial charge in [0.15, 0.2) is 6.10 Å². The van der Waals surface area contributed by atoms with Crippen molar-refractivity contribution in [1.82, 2.24) is 0 Å². The Hall–Kier alpha value is -3.67. The first-order chi connectivity index (χ1) is 29.0. The molecule has 6 heteroatoms. The number of esters is 3. The molecule has 59 heavy (non-hydrogen) atoms. The topological polar surface area (TPSA) is 78.9 Å². The fourth-order valence-electron chi connectivity index (χ4n) is 6.03. The molecular formula is C53H86O6. The van der Waals surface area contributed by atoms with Gasteiger partial charge in [0.1, 0.15) is 13.2 Å². The van der Waals surface area contributed by atoms with Crippen LogP contribution in [0.1, 0.15) is 201 Å². The second-order valence-corrected chi connectivity index (χ2v) is 15.3. The summed E-state index contributed by atoms with van der Waals surface area (Å²) < 4.78 is 16.6. The standard InChI is InChI=1S/C53H86O6/c1-4-7-10-13-16-19-21-23-24-25-26-27-28-30-31-34-37-40-43-46-52(55)58-49-50(48-57-51(54)45-42-39-36-33-18-15-12-9-6-3)59-53(56)47-44-41-38-35-32-29-22-20-17-14-11-8-5-2/h7,10-11,14,16,19-20,22-24,26-27,30-31,37,40,50H,4-6,8-9,12-13,15,17-18,21,25,28-29,32-36,38-39,41-49H2,1-3H3/b10-7-,14-11-,19-16-,22-20-,24-23-,27-26-,31-30-,40-37-. The van der Waals surface area contributed by atoms with E-state index in [1.165, 1.54) is 44.9 Å². The maximum atomic E-state index is 12.7. The maximum absolute atomic E-state index is 12.7. The minimum Gasteiger partial charge on any atom is -0.462 e. The molecule has 0 aromatic heterocycles. The normalized spacial score (nSPS) is 12.9. The molecule has 1 atom stereocenters. The molecule has 0 radical (unpaired) electrons. The molecule has 0 N–H and O–H groups in total. The predicted octanol–water partition coefficient (Wildman–Crippen LogP) is 15.4. The lowest BCUT2D eigenvalue weighted by Gasteiger charge is -2.18. The third kappa shape index (κ3) is 45.3. The lowest BCUT2D eigenvalue weighted by Crippen LogP contribution is -2.30. The van der Waals surface area contributed by atoms with E-state index in [4.69, 9.17) is 14.2 Å². The van der Waals surface area contributed by atoms with E-state index in [0.717, 1.165) is 109 Å². The summed E-state index contributed by atoms with van der Waals surface area (Å²) in [5.41, 5.74) is 0. The molecule has 0 saturated heterocycles. The Bertz CT molecular complexity index is 1220. The Morgan fingerprint density at radius 3 is 1.20 bits per heavy atom. The number of allylic oxidation sites excluding steroid dienone is 16. The molecule has 334 valence electrons. The molecule has 0 aromatic carbocycles. The Morgan fingerprint density at radius 1 is 0.356 bits per heavy atom. The molecule has 6 nitrogen and oxygen atoms in total. The summed E-state index contributed by atoms with van der Waals surface area (Å²) in [6.07, 6.45) is 61.2. The number of carbonyl (C=O) groups is 3. The average Bonchev–Trinajstić information content (AvgIpc) is 3.23. The van der Waals surface area contributed by atoms with Gasteiger partial charge in [-0.1, -0.05) is 195 Å². The molecule has 0 amide bonds. The van der Waals surface area contributed by atoms with Crippen molar-refractivity contribution in [3.05, 3.63) is 97.2 Å². The van der Waals surface area contributed by atoms with E-state index in [1.54, 1.807) is 0 Å². The first kappa shape index (κ1) is 55.3. The van der Waals surface area contributed by atoms with Crippen molar-refractivity contribution in [3.8, 4) is 0 Å². The zero-order valence-electron chi connectivity index (χ0n) is 38.0. The molecule has 0 bridgehead atoms. The second-order valence-electron chi connectivity index (χ2n) is 15.3. The summed E-state index contributed by atoms with van der Waals surface area (Å²) in [4.78, 5) is 37.7. The molecule has 0 saturated carbocycles. The van der Waals surface area contributed by atoms with Gasteiger partial charge in [-0.3, -0.25) is 14.4 Å². The molecule has 0 aromatic rings. The van der Waals surface area contributed by atoms with Crippen LogP contribution in [0.5, 0.6) is 0 Å². The van der Waals surface area contributed by atoms with E-state index in [2.05, 4.69) is 106 Å². The van der Waals surface area contributed by atoms with Crippen LogP contribution in [0.3, 0.4) is 0 Å². The van der Waals surface area contributed by atoms with Crippen LogP contribution in [0.25, 0.3) is 0 Å². The van der Waals surface area contributed by atoms with Crippen molar-refractivity contribution < 1.29 is 28.6 Å². The zero-order chi connectivity index (χ0) is 43.0. The van der Waals surface area contributed by atoms with Gasteiger partial charge in [0.25, 0.3) is 0 Å². The highest BCUT2D eigenvalue weighted by molar-refractivity contribution is 5.71. The van der Waals surface area contributed by atoms with Crippen LogP contribution in [-0.4, -0.2) is 37.2 Å². The largest absolute Gasteiger partial charge is 0.462 e. The number of hydrogen-bond acceptors (Lipinski definition) is 6. The van der Waals surface area contributed by atoms with Gasteiger partial charge in [-0.15, -0.1) is 0 Å². The number of carbonyl (C=O) groups excluding carboxylic acids is 3. The van der Waals surface area contributed by atoms with Gasteiger partial charge in [0.05, 0.1) is 0 Å². The van der Waals surface area contributed by atoms with Crippen LogP contribution in [0.4, 0.5) is 0 Å². The summed E-state index contributed by atoms with van der Waals surface area (Å²) in [7, 11) is 0. The molecule has 0 aliphatic heterocycles. The van der Waals surface area contributed by atoms with Gasteiger partial charge in [-0.25, -0.2) is 0 Å². The summed E-state index contributed by atoms with van der Waals surface area (Å²) in [5, 5.41) is 0. The van der Waals surface area contributed by atoms with E-state index >= 15 is 0 Å². The Morgan fingerprint density at radius 2 is 0.729 bits per heavy atom. The summed E-state index contributed by atoms with van der Waals surface area (Å²) in [6.45, 7) is 6.34. The minimum atomic E-state index is -0.812. The van der Waals surface area contributed by atoms with Gasteiger partial charge in [-0.2, -0.15) is 0 Å². The summed E-state index contributed by atoms with van der Waals surface area (Å²) in [5.74, 6) is -1.02. The molecule has 0 rings (SSSR count). The van der Waals surface area contributed by atoms with Gasteiger partial charge in [0.2, 0.25) is 0 Å². The van der Waals surface area contributed by atoms with Gasteiger partial charge in [-0.05, 0) is 83.5 Å². The number of ether oxygens (including phenoxy) is 3. The van der Waals surface area contributed by atoms with Crippen molar-refractivity contribution >= 4 is 17.9 Å². The number of hydrogen-bond donors (Lipinski definition) is 0. The smallest absolute Gasteiger partial charge is 0.306 e. The first-order valence-electron chi connectivity index (χ1n) is 23.7. The van der Waals surface area contributed by atoms with E-state index < -0.39 is 6.10 Å². The molecule has 0 spiro atoms. The fourth-order valence-corrected chi connectivity index (χ4v) is 6.03. The Labute approximate surface area is 362 Å². The first-order valence-corrected chi connectivity index (χ1v) is 23.7. The third-order valence-electron chi connectivity index (χ3n) is 9.57. The maximum Gasteiger partial charge on any atom is 0.306 e. The van der Waals surface area contributed by atoms with Crippen LogP contribution < -0.4 is 0 Å². The monoisotopic (exact) mass is 819 g/mol. The van der Waals surface area contributed by atoms with Crippen LogP contribution in [0, 0.1) is 0 Å². The minimum absolute atomic E-state index is 0.107. The van der Waals surface area contributed by atoms with Gasteiger partial charge in [0, 0.05) is 19.3 Å². The quantitative estimate of drug-likeness (QED) is 0.0265. The highest BCUT2D eigenvalue weighted by atomic mass is 16.6. The van der Waals surface area contributed by atoms with E-state index in [0.29, 0.717) is 19.3 Å². The van der Waals surface area contributed by atoms with Crippen molar-refractivity contribution in [2.45, 2.75) is 207 Å². The van der Waals surface area contributed by atoms with Gasteiger partial charge >= 0.3 is 17.9 Å². The van der Waals surface area contributed by atoms with Crippen LogP contribution in [0.2, 0.25) is 0 Å². The number of unbranched alkanes of at least 4 members (excludes halogenated alkanes) is 14. The lowest BCUT2D eigenvalue weighted by molar-refractivity contribution is -0.166. The lowest BCUT2D eigenvalue weighted by atomic mass is 10.1. The van der Waals surface area contributed by atoms with Crippen LogP contribution in [-0.2, 0) is 28.6 Å². The van der Waals surface area contributed by atoms with Crippen LogP contribution >= 0.6 is 0 Å². The molecule has 0 aliphatic rings. The second kappa shape index (κ2) is 47.0. The molecule has 0 aliphatic carbocycles. The van der Waals surface area contributed by atoms with Crippen molar-refractivity contribution in [2.75, 3.05) is 13.2 Å². The predicted molar refractivity (Wildman–Crippen MR) is 251 cm³/mol. The van der Waals surface area contributed by atoms with Gasteiger partial charge < -0.3 is 14.2 Å².